The maximum Gasteiger partial charge on any atom is 0.336 e. The van der Waals surface area contributed by atoms with Crippen LogP contribution in [0, 0.1) is 0 Å². The van der Waals surface area contributed by atoms with Crippen LogP contribution in [0.15, 0.2) is 75.9 Å². The van der Waals surface area contributed by atoms with Crippen molar-refractivity contribution in [2.24, 2.45) is 0 Å². The standard InChI is InChI=1S/C25H24N2O3/c1-3-17-11-12-21-19(14-25(29)30-23(21)13-17)15-27(2)16-24(28)26-22-10-6-8-18-7-4-5-9-20(18)22/h4-14H,3,15-16H2,1-2H3,(H,26,28). The molecule has 0 atom stereocenters. The average Bonchev–Trinajstić information content (AvgIpc) is 2.73. The fraction of sp³-hybridized carbons (Fsp3) is 0.200. The van der Waals surface area contributed by atoms with Crippen LogP contribution in [-0.4, -0.2) is 24.4 Å². The monoisotopic (exact) mass is 400 g/mol. The Morgan fingerprint density at radius 1 is 1.00 bits per heavy atom. The van der Waals surface area contributed by atoms with E-state index < -0.39 is 0 Å². The maximum absolute atomic E-state index is 12.6. The number of nitrogens with zero attached hydrogens (tertiary/aromatic N) is 1. The molecule has 1 amide bonds. The van der Waals surface area contributed by atoms with Gasteiger partial charge in [-0.2, -0.15) is 0 Å². The first kappa shape index (κ1) is 19.9. The topological polar surface area (TPSA) is 62.6 Å². The van der Waals surface area contributed by atoms with Crippen molar-refractivity contribution in [1.29, 1.82) is 0 Å². The van der Waals surface area contributed by atoms with Gasteiger partial charge in [-0.05, 0) is 42.1 Å². The highest BCUT2D eigenvalue weighted by Gasteiger charge is 2.12. The van der Waals surface area contributed by atoms with Gasteiger partial charge in [0.25, 0.3) is 0 Å². The predicted octanol–water partition coefficient (Wildman–Crippen LogP) is 4.58. The van der Waals surface area contributed by atoms with E-state index in [1.165, 1.54) is 6.07 Å². The van der Waals surface area contributed by atoms with Gasteiger partial charge in [0.1, 0.15) is 5.58 Å². The SMILES string of the molecule is CCc1ccc2c(CN(C)CC(=O)Nc3cccc4ccccc34)cc(=O)oc2c1. The smallest absolute Gasteiger partial charge is 0.336 e. The minimum atomic E-state index is -0.376. The third-order valence-electron chi connectivity index (χ3n) is 5.22. The zero-order chi connectivity index (χ0) is 21.1. The number of amides is 1. The second kappa shape index (κ2) is 8.51. The van der Waals surface area contributed by atoms with Gasteiger partial charge in [0.05, 0.1) is 6.54 Å². The van der Waals surface area contributed by atoms with Crippen LogP contribution < -0.4 is 10.9 Å². The first-order valence-corrected chi connectivity index (χ1v) is 10.1. The van der Waals surface area contributed by atoms with E-state index in [1.807, 2.05) is 72.6 Å². The van der Waals surface area contributed by atoms with E-state index in [-0.39, 0.29) is 18.1 Å². The largest absolute Gasteiger partial charge is 0.423 e. The van der Waals surface area contributed by atoms with Crippen LogP contribution in [0.4, 0.5) is 5.69 Å². The van der Waals surface area contributed by atoms with Crippen molar-refractivity contribution in [1.82, 2.24) is 4.90 Å². The summed E-state index contributed by atoms with van der Waals surface area (Å²) in [6.07, 6.45) is 0.873. The van der Waals surface area contributed by atoms with Gasteiger partial charge in [-0.25, -0.2) is 4.79 Å². The van der Waals surface area contributed by atoms with Gasteiger partial charge in [-0.15, -0.1) is 0 Å². The van der Waals surface area contributed by atoms with E-state index in [0.717, 1.165) is 39.4 Å². The fourth-order valence-electron chi connectivity index (χ4n) is 3.74. The van der Waals surface area contributed by atoms with Gasteiger partial charge in [0.2, 0.25) is 5.91 Å². The van der Waals surface area contributed by atoms with Crippen molar-refractivity contribution < 1.29 is 9.21 Å². The summed E-state index contributed by atoms with van der Waals surface area (Å²) in [7, 11) is 1.86. The minimum absolute atomic E-state index is 0.102. The summed E-state index contributed by atoms with van der Waals surface area (Å²) < 4.78 is 5.37. The number of benzene rings is 3. The molecular formula is C25H24N2O3. The Hall–Kier alpha value is -3.44. The molecular weight excluding hydrogens is 376 g/mol. The number of carbonyl (C=O) groups is 1. The number of likely N-dealkylation sites (N-methyl/N-ethyl adjacent to an activating group) is 1. The molecule has 4 aromatic rings. The summed E-state index contributed by atoms with van der Waals surface area (Å²) in [5.74, 6) is -0.102. The molecule has 0 fully saturated rings. The summed E-state index contributed by atoms with van der Waals surface area (Å²) >= 11 is 0. The number of fused-ring (bicyclic) bond motifs is 2. The van der Waals surface area contributed by atoms with Gasteiger partial charge in [0, 0.05) is 29.1 Å². The van der Waals surface area contributed by atoms with Gasteiger partial charge in [-0.1, -0.05) is 55.5 Å². The van der Waals surface area contributed by atoms with Gasteiger partial charge < -0.3 is 9.73 Å². The van der Waals surface area contributed by atoms with Crippen LogP contribution in [-0.2, 0) is 17.8 Å². The quantitative estimate of drug-likeness (QED) is 0.481. The number of nitrogens with one attached hydrogen (secondary N) is 1. The normalized spacial score (nSPS) is 11.3. The van der Waals surface area contributed by atoms with Crippen molar-refractivity contribution in [2.75, 3.05) is 18.9 Å². The van der Waals surface area contributed by atoms with Crippen molar-refractivity contribution in [2.45, 2.75) is 19.9 Å². The molecule has 0 bridgehead atoms. The molecule has 1 aromatic heterocycles. The van der Waals surface area contributed by atoms with Crippen molar-refractivity contribution in [3.8, 4) is 0 Å². The summed E-state index contributed by atoms with van der Waals surface area (Å²) in [6, 6.07) is 21.3. The highest BCUT2D eigenvalue weighted by atomic mass is 16.4. The van der Waals surface area contributed by atoms with Gasteiger partial charge in [0.15, 0.2) is 0 Å². The Morgan fingerprint density at radius 2 is 1.80 bits per heavy atom. The fourth-order valence-corrected chi connectivity index (χ4v) is 3.74. The average molecular weight is 400 g/mol. The summed E-state index contributed by atoms with van der Waals surface area (Å²) in [4.78, 5) is 26.5. The second-order valence-corrected chi connectivity index (χ2v) is 7.52. The van der Waals surface area contributed by atoms with Crippen LogP contribution in [0.1, 0.15) is 18.1 Å². The molecule has 1 heterocycles. The van der Waals surface area contributed by atoms with E-state index in [2.05, 4.69) is 12.2 Å². The minimum Gasteiger partial charge on any atom is -0.423 e. The molecule has 5 heteroatoms. The van der Waals surface area contributed by atoms with E-state index in [1.54, 1.807) is 0 Å². The van der Waals surface area contributed by atoms with Crippen LogP contribution in [0.2, 0.25) is 0 Å². The van der Waals surface area contributed by atoms with Crippen LogP contribution >= 0.6 is 0 Å². The number of rotatable bonds is 6. The van der Waals surface area contributed by atoms with Gasteiger partial charge >= 0.3 is 5.63 Å². The third kappa shape index (κ3) is 4.26. The molecule has 5 nitrogen and oxygen atoms in total. The lowest BCUT2D eigenvalue weighted by atomic mass is 10.1. The van der Waals surface area contributed by atoms with Crippen molar-refractivity contribution in [3.05, 3.63) is 88.3 Å². The summed E-state index contributed by atoms with van der Waals surface area (Å²) in [6.45, 7) is 2.74. The van der Waals surface area contributed by atoms with Crippen LogP contribution in [0.3, 0.4) is 0 Å². The highest BCUT2D eigenvalue weighted by molar-refractivity contribution is 6.02. The molecule has 1 N–H and O–H groups in total. The van der Waals surface area contributed by atoms with E-state index in [4.69, 9.17) is 4.42 Å². The zero-order valence-corrected chi connectivity index (χ0v) is 17.1. The van der Waals surface area contributed by atoms with Gasteiger partial charge in [-0.3, -0.25) is 9.69 Å². The summed E-state index contributed by atoms with van der Waals surface area (Å²) in [5.41, 5.74) is 2.98. The number of hydrogen-bond donors (Lipinski definition) is 1. The first-order valence-electron chi connectivity index (χ1n) is 10.1. The van der Waals surface area contributed by atoms with Crippen molar-refractivity contribution in [3.63, 3.8) is 0 Å². The molecule has 152 valence electrons. The Kier molecular flexibility index (Phi) is 5.63. The molecule has 0 spiro atoms. The molecule has 4 rings (SSSR count). The zero-order valence-electron chi connectivity index (χ0n) is 17.1. The molecule has 0 unspecified atom stereocenters. The van der Waals surface area contributed by atoms with E-state index in [0.29, 0.717) is 12.1 Å². The first-order chi connectivity index (χ1) is 14.5. The van der Waals surface area contributed by atoms with E-state index >= 15 is 0 Å². The molecule has 0 aliphatic heterocycles. The lowest BCUT2D eigenvalue weighted by Gasteiger charge is -2.18. The highest BCUT2D eigenvalue weighted by Crippen LogP contribution is 2.23. The maximum atomic E-state index is 12.6. The molecule has 30 heavy (non-hydrogen) atoms. The molecule has 3 aromatic carbocycles. The second-order valence-electron chi connectivity index (χ2n) is 7.52. The Labute approximate surface area is 174 Å². The Morgan fingerprint density at radius 3 is 2.63 bits per heavy atom. The number of aryl methyl sites for hydroxylation is 1. The molecule has 0 saturated heterocycles. The molecule has 0 radical (unpaired) electrons. The summed E-state index contributed by atoms with van der Waals surface area (Å²) in [5, 5.41) is 5.99. The Balaban J connectivity index is 1.50. The predicted molar refractivity (Wildman–Crippen MR) is 121 cm³/mol. The molecule has 0 aliphatic rings. The number of hydrogen-bond acceptors (Lipinski definition) is 4. The van der Waals surface area contributed by atoms with Crippen LogP contribution in [0.25, 0.3) is 21.7 Å². The number of carbonyl (C=O) groups excluding carboxylic acids is 1. The third-order valence-corrected chi connectivity index (χ3v) is 5.22. The molecule has 0 aliphatic carbocycles. The number of anilines is 1. The van der Waals surface area contributed by atoms with E-state index in [9.17, 15) is 9.59 Å². The van der Waals surface area contributed by atoms with Crippen molar-refractivity contribution >= 4 is 33.3 Å². The lowest BCUT2D eigenvalue weighted by Crippen LogP contribution is -2.30. The molecule has 0 saturated carbocycles. The van der Waals surface area contributed by atoms with Crippen LogP contribution in [0.5, 0.6) is 0 Å². The lowest BCUT2D eigenvalue weighted by molar-refractivity contribution is -0.117. The Bertz CT molecular complexity index is 1270.